The van der Waals surface area contributed by atoms with E-state index in [9.17, 15) is 22.8 Å². The summed E-state index contributed by atoms with van der Waals surface area (Å²) in [4.78, 5) is 26.9. The zero-order chi connectivity index (χ0) is 25.9. The third kappa shape index (κ3) is 5.52. The topological polar surface area (TPSA) is 55.4 Å². The van der Waals surface area contributed by atoms with Crippen molar-refractivity contribution in [3.05, 3.63) is 99.5 Å². The van der Waals surface area contributed by atoms with Crippen molar-refractivity contribution in [2.45, 2.75) is 43.4 Å². The van der Waals surface area contributed by atoms with E-state index >= 15 is 0 Å². The van der Waals surface area contributed by atoms with Crippen molar-refractivity contribution in [2.75, 3.05) is 5.32 Å². The molecule has 0 spiro atoms. The molecule has 0 radical (unpaired) electrons. The smallest absolute Gasteiger partial charge is 0.418 e. The molecular formula is C27H22Cl2F3NO3. The molecule has 9 heteroatoms. The molecular weight excluding hydrogens is 514 g/mol. The molecule has 1 saturated carbocycles. The van der Waals surface area contributed by atoms with Gasteiger partial charge in [-0.05, 0) is 48.7 Å². The van der Waals surface area contributed by atoms with Crippen LogP contribution in [-0.2, 0) is 25.9 Å². The predicted molar refractivity (Wildman–Crippen MR) is 132 cm³/mol. The van der Waals surface area contributed by atoms with Gasteiger partial charge in [-0.15, -0.1) is 0 Å². The van der Waals surface area contributed by atoms with Crippen molar-refractivity contribution in [2.24, 2.45) is 0 Å². The molecule has 1 aliphatic rings. The molecule has 0 saturated heterocycles. The summed E-state index contributed by atoms with van der Waals surface area (Å²) in [5.74, 6) is -1.52. The van der Waals surface area contributed by atoms with Gasteiger partial charge in [0.25, 0.3) is 5.91 Å². The van der Waals surface area contributed by atoms with Gasteiger partial charge < -0.3 is 10.1 Å². The van der Waals surface area contributed by atoms with Crippen LogP contribution in [0.3, 0.4) is 0 Å². The summed E-state index contributed by atoms with van der Waals surface area (Å²) in [5.41, 5.74) is -1.51. The van der Waals surface area contributed by atoms with Crippen LogP contribution in [-0.4, -0.2) is 11.9 Å². The lowest BCUT2D eigenvalue weighted by molar-refractivity contribution is -0.160. The van der Waals surface area contributed by atoms with E-state index in [4.69, 9.17) is 27.9 Å². The zero-order valence-electron chi connectivity index (χ0n) is 18.9. The van der Waals surface area contributed by atoms with Crippen LogP contribution in [0.25, 0.3) is 0 Å². The molecule has 4 rings (SSSR count). The number of amides is 1. The number of ether oxygens (including phenoxy) is 1. The summed E-state index contributed by atoms with van der Waals surface area (Å²) in [6, 6.07) is 18.1. The van der Waals surface area contributed by atoms with E-state index < -0.39 is 40.8 Å². The van der Waals surface area contributed by atoms with Gasteiger partial charge in [0.05, 0.1) is 16.7 Å². The monoisotopic (exact) mass is 535 g/mol. The van der Waals surface area contributed by atoms with Crippen LogP contribution in [0.4, 0.5) is 18.9 Å². The second-order valence-corrected chi connectivity index (χ2v) is 9.54. The van der Waals surface area contributed by atoms with Crippen molar-refractivity contribution in [3.8, 4) is 0 Å². The molecule has 0 heterocycles. The Balaban J connectivity index is 1.67. The largest absolute Gasteiger partial charge is 0.447 e. The minimum Gasteiger partial charge on any atom is -0.447 e. The number of halogens is 5. The van der Waals surface area contributed by atoms with Gasteiger partial charge in [0.15, 0.2) is 0 Å². The number of esters is 1. The Labute approximate surface area is 216 Å². The van der Waals surface area contributed by atoms with Gasteiger partial charge in [0, 0.05) is 15.6 Å². The maximum absolute atomic E-state index is 13.6. The molecule has 3 aromatic rings. The lowest BCUT2D eigenvalue weighted by atomic mass is 9.79. The molecule has 1 N–H and O–H groups in total. The first-order chi connectivity index (χ1) is 17.1. The number of rotatable bonds is 6. The van der Waals surface area contributed by atoms with E-state index in [1.807, 2.05) is 0 Å². The minimum absolute atomic E-state index is 0.127. The maximum Gasteiger partial charge on any atom is 0.418 e. The van der Waals surface area contributed by atoms with Crippen molar-refractivity contribution < 1.29 is 27.5 Å². The maximum atomic E-state index is 13.6. The molecule has 1 unspecified atom stereocenters. The van der Waals surface area contributed by atoms with Crippen molar-refractivity contribution in [3.63, 3.8) is 0 Å². The van der Waals surface area contributed by atoms with Gasteiger partial charge >= 0.3 is 12.1 Å². The van der Waals surface area contributed by atoms with E-state index in [0.717, 1.165) is 30.5 Å². The summed E-state index contributed by atoms with van der Waals surface area (Å²) in [7, 11) is 0. The number of nitrogens with one attached hydrogen (secondary N) is 1. The molecule has 4 nitrogen and oxygen atoms in total. The first kappa shape index (κ1) is 26.0. The van der Waals surface area contributed by atoms with E-state index in [-0.39, 0.29) is 5.02 Å². The summed E-state index contributed by atoms with van der Waals surface area (Å²) in [6.45, 7) is 0. The predicted octanol–water partition coefficient (Wildman–Crippen LogP) is 7.75. The fourth-order valence-corrected chi connectivity index (χ4v) is 4.84. The van der Waals surface area contributed by atoms with Crippen LogP contribution in [0.1, 0.15) is 48.5 Å². The van der Waals surface area contributed by atoms with Crippen molar-refractivity contribution in [1.82, 2.24) is 0 Å². The molecule has 0 aliphatic heterocycles. The number of anilines is 1. The average Bonchev–Trinajstić information content (AvgIpc) is 3.35. The van der Waals surface area contributed by atoms with Gasteiger partial charge in [-0.3, -0.25) is 9.59 Å². The Kier molecular flexibility index (Phi) is 7.62. The Morgan fingerprint density at radius 1 is 0.889 bits per heavy atom. The number of hydrogen-bond acceptors (Lipinski definition) is 3. The highest BCUT2D eigenvalue weighted by Crippen LogP contribution is 2.44. The van der Waals surface area contributed by atoms with Crippen LogP contribution in [0.15, 0.2) is 72.8 Å². The lowest BCUT2D eigenvalue weighted by Gasteiger charge is -2.30. The van der Waals surface area contributed by atoms with Crippen LogP contribution in [0, 0.1) is 0 Å². The number of carbonyl (C=O) groups is 2. The van der Waals surface area contributed by atoms with E-state index in [1.165, 1.54) is 6.07 Å². The van der Waals surface area contributed by atoms with Crippen LogP contribution in [0.5, 0.6) is 0 Å². The Morgan fingerprint density at radius 2 is 1.50 bits per heavy atom. The fourth-order valence-electron chi connectivity index (χ4n) is 4.54. The summed E-state index contributed by atoms with van der Waals surface area (Å²) in [6.07, 6.45) is -3.60. The van der Waals surface area contributed by atoms with E-state index in [1.54, 1.807) is 54.6 Å². The average molecular weight is 536 g/mol. The SMILES string of the molecule is O=C(Nc1ccc(Cl)cc1C(F)(F)F)C(OC(=O)C1(c2ccc(Cl)cc2)CCCC1)c1ccccc1. The van der Waals surface area contributed by atoms with Gasteiger partial charge in [-0.1, -0.05) is 78.5 Å². The van der Waals surface area contributed by atoms with Crippen molar-refractivity contribution in [1.29, 1.82) is 0 Å². The Hall–Kier alpha value is -3.03. The highest BCUT2D eigenvalue weighted by atomic mass is 35.5. The summed E-state index contributed by atoms with van der Waals surface area (Å²) in [5, 5.41) is 2.68. The second-order valence-electron chi connectivity index (χ2n) is 8.67. The first-order valence-electron chi connectivity index (χ1n) is 11.3. The summed E-state index contributed by atoms with van der Waals surface area (Å²) < 4.78 is 46.5. The first-order valence-corrected chi connectivity index (χ1v) is 12.1. The van der Waals surface area contributed by atoms with Crippen LogP contribution in [0.2, 0.25) is 10.0 Å². The third-order valence-corrected chi connectivity index (χ3v) is 6.84. The van der Waals surface area contributed by atoms with Gasteiger partial charge in [0.1, 0.15) is 0 Å². The molecule has 1 fully saturated rings. The Morgan fingerprint density at radius 3 is 2.11 bits per heavy atom. The third-order valence-electron chi connectivity index (χ3n) is 6.35. The molecule has 1 aliphatic carbocycles. The fraction of sp³-hybridized carbons (Fsp3) is 0.259. The quantitative estimate of drug-likeness (QED) is 0.328. The minimum atomic E-state index is -4.76. The normalized spacial score (nSPS) is 15.8. The molecule has 1 amide bonds. The highest BCUT2D eigenvalue weighted by molar-refractivity contribution is 6.31. The van der Waals surface area contributed by atoms with Gasteiger partial charge in [-0.2, -0.15) is 13.2 Å². The van der Waals surface area contributed by atoms with E-state index in [2.05, 4.69) is 5.32 Å². The number of benzene rings is 3. The summed E-state index contributed by atoms with van der Waals surface area (Å²) >= 11 is 11.8. The number of hydrogen-bond donors (Lipinski definition) is 1. The molecule has 188 valence electrons. The molecule has 1 atom stereocenters. The lowest BCUT2D eigenvalue weighted by Crippen LogP contribution is -2.38. The second kappa shape index (κ2) is 10.5. The molecule has 0 bridgehead atoms. The van der Waals surface area contributed by atoms with E-state index in [0.29, 0.717) is 23.4 Å². The molecule has 36 heavy (non-hydrogen) atoms. The van der Waals surface area contributed by atoms with Gasteiger partial charge in [-0.25, -0.2) is 0 Å². The highest BCUT2D eigenvalue weighted by Gasteiger charge is 2.46. The molecule has 0 aromatic heterocycles. The van der Waals surface area contributed by atoms with Gasteiger partial charge in [0.2, 0.25) is 6.10 Å². The number of alkyl halides is 3. The standard InChI is InChI=1S/C27H22Cl2F3NO3/c28-19-10-8-18(9-11-19)26(14-4-5-15-26)25(35)36-23(17-6-2-1-3-7-17)24(34)33-22-13-12-20(29)16-21(22)27(30,31)32/h1-3,6-13,16,23H,4-5,14-15H2,(H,33,34). The van der Waals surface area contributed by atoms with Crippen LogP contribution < -0.4 is 5.32 Å². The zero-order valence-corrected chi connectivity index (χ0v) is 20.5. The van der Waals surface area contributed by atoms with Crippen molar-refractivity contribution >= 4 is 40.8 Å². The molecule has 3 aromatic carbocycles. The van der Waals surface area contributed by atoms with Crippen LogP contribution >= 0.6 is 23.2 Å². The Bertz CT molecular complexity index is 1240. The number of carbonyl (C=O) groups excluding carboxylic acids is 2.